The molecule has 7 nitrogen and oxygen atoms in total. The summed E-state index contributed by atoms with van der Waals surface area (Å²) in [5.74, 6) is 0.296. The number of hydrogen-bond donors (Lipinski definition) is 1. The molecule has 1 aromatic carbocycles. The summed E-state index contributed by atoms with van der Waals surface area (Å²) in [7, 11) is 1.57. The molecule has 126 valence electrons. The van der Waals surface area contributed by atoms with E-state index in [4.69, 9.17) is 9.47 Å². The summed E-state index contributed by atoms with van der Waals surface area (Å²) in [6, 6.07) is 7.37. The fraction of sp³-hybridized carbons (Fsp3) is 0.312. The zero-order valence-corrected chi connectivity index (χ0v) is 14.0. The largest absolute Gasteiger partial charge is 0.482 e. The van der Waals surface area contributed by atoms with Crippen LogP contribution in [-0.4, -0.2) is 43.7 Å². The highest BCUT2D eigenvalue weighted by molar-refractivity contribution is 7.09. The van der Waals surface area contributed by atoms with Gasteiger partial charge in [-0.2, -0.15) is 0 Å². The van der Waals surface area contributed by atoms with Crippen molar-refractivity contribution < 1.29 is 19.1 Å². The first kappa shape index (κ1) is 16.4. The van der Waals surface area contributed by atoms with Crippen molar-refractivity contribution in [2.24, 2.45) is 0 Å². The summed E-state index contributed by atoms with van der Waals surface area (Å²) in [5, 5.41) is 5.10. The number of para-hydroxylation sites is 2. The summed E-state index contributed by atoms with van der Waals surface area (Å²) < 4.78 is 10.3. The fourth-order valence-corrected chi connectivity index (χ4v) is 3.07. The normalized spacial score (nSPS) is 13.4. The van der Waals surface area contributed by atoms with E-state index in [-0.39, 0.29) is 18.4 Å². The van der Waals surface area contributed by atoms with Gasteiger partial charge in [0.1, 0.15) is 16.5 Å². The second kappa shape index (κ2) is 7.41. The van der Waals surface area contributed by atoms with E-state index in [2.05, 4.69) is 10.3 Å². The van der Waals surface area contributed by atoms with Crippen LogP contribution in [0.3, 0.4) is 0 Å². The monoisotopic (exact) mass is 347 g/mol. The molecular formula is C16H17N3O4S. The van der Waals surface area contributed by atoms with E-state index < -0.39 is 0 Å². The average Bonchev–Trinajstić information content (AvgIpc) is 3.06. The average molecular weight is 347 g/mol. The first-order valence-electron chi connectivity index (χ1n) is 7.43. The van der Waals surface area contributed by atoms with Crippen molar-refractivity contribution >= 4 is 28.8 Å². The van der Waals surface area contributed by atoms with E-state index in [0.29, 0.717) is 36.1 Å². The molecule has 24 heavy (non-hydrogen) atoms. The minimum Gasteiger partial charge on any atom is -0.482 e. The van der Waals surface area contributed by atoms with E-state index >= 15 is 0 Å². The first-order valence-corrected chi connectivity index (χ1v) is 8.30. The van der Waals surface area contributed by atoms with Gasteiger partial charge in [-0.25, -0.2) is 4.98 Å². The molecule has 0 bridgehead atoms. The van der Waals surface area contributed by atoms with E-state index in [1.54, 1.807) is 17.4 Å². The lowest BCUT2D eigenvalue weighted by atomic mass is 10.2. The van der Waals surface area contributed by atoms with Gasteiger partial charge < -0.3 is 14.8 Å². The molecule has 2 aromatic rings. The number of ether oxygens (including phenoxy) is 2. The van der Waals surface area contributed by atoms with Gasteiger partial charge in [0.05, 0.1) is 18.8 Å². The number of hydrogen-bond acceptors (Lipinski definition) is 6. The van der Waals surface area contributed by atoms with Gasteiger partial charge in [-0.3, -0.25) is 14.5 Å². The third-order valence-electron chi connectivity index (χ3n) is 3.48. The lowest BCUT2D eigenvalue weighted by Crippen LogP contribution is -2.38. The van der Waals surface area contributed by atoms with Gasteiger partial charge in [-0.15, -0.1) is 11.3 Å². The zero-order chi connectivity index (χ0) is 16.9. The van der Waals surface area contributed by atoms with Gasteiger partial charge in [-0.1, -0.05) is 12.1 Å². The number of anilines is 1. The highest BCUT2D eigenvalue weighted by Gasteiger charge is 2.26. The predicted octanol–water partition coefficient (Wildman–Crippen LogP) is 1.44. The molecule has 8 heteroatoms. The third kappa shape index (κ3) is 3.55. The van der Waals surface area contributed by atoms with Crippen LogP contribution >= 0.6 is 11.3 Å². The number of carbonyl (C=O) groups excluding carboxylic acids is 2. The smallest absolute Gasteiger partial charge is 0.270 e. The maximum atomic E-state index is 12.2. The fourth-order valence-electron chi connectivity index (χ4n) is 2.31. The van der Waals surface area contributed by atoms with E-state index in [1.165, 1.54) is 11.3 Å². The number of aromatic nitrogens is 1. The Morgan fingerprint density at radius 2 is 2.29 bits per heavy atom. The molecule has 3 rings (SSSR count). The van der Waals surface area contributed by atoms with Gasteiger partial charge in [0.25, 0.3) is 11.8 Å². The number of carbonyl (C=O) groups is 2. The molecule has 0 unspecified atom stereocenters. The highest BCUT2D eigenvalue weighted by Crippen LogP contribution is 2.32. The molecule has 1 aromatic heterocycles. The van der Waals surface area contributed by atoms with Gasteiger partial charge in [0, 0.05) is 19.0 Å². The molecule has 0 atom stereocenters. The van der Waals surface area contributed by atoms with Crippen molar-refractivity contribution in [1.29, 1.82) is 0 Å². The van der Waals surface area contributed by atoms with Gasteiger partial charge in [-0.05, 0) is 12.1 Å². The molecular weight excluding hydrogens is 330 g/mol. The van der Waals surface area contributed by atoms with Crippen LogP contribution in [0.1, 0.15) is 15.5 Å². The standard InChI is InChI=1S/C16H17N3O4S/c1-22-7-6-17-16(21)11-10-24-14(18-11)8-19-12-4-2-3-5-13(12)23-9-15(19)20/h2-5,10H,6-9H2,1H3,(H,17,21). The molecule has 0 saturated carbocycles. The maximum Gasteiger partial charge on any atom is 0.270 e. The van der Waals surface area contributed by atoms with Gasteiger partial charge >= 0.3 is 0 Å². The first-order chi connectivity index (χ1) is 11.7. The number of rotatable bonds is 6. The number of benzene rings is 1. The molecule has 0 radical (unpaired) electrons. The Hall–Kier alpha value is -2.45. The summed E-state index contributed by atoms with van der Waals surface area (Å²) in [4.78, 5) is 30.1. The Bertz CT molecular complexity index is 746. The van der Waals surface area contributed by atoms with Crippen LogP contribution in [-0.2, 0) is 16.1 Å². The second-order valence-electron chi connectivity index (χ2n) is 5.11. The number of nitrogens with zero attached hydrogens (tertiary/aromatic N) is 2. The number of amides is 2. The Kier molecular flexibility index (Phi) is 5.07. The molecule has 0 fully saturated rings. The van der Waals surface area contributed by atoms with Crippen LogP contribution in [0, 0.1) is 0 Å². The quantitative estimate of drug-likeness (QED) is 0.800. The van der Waals surface area contributed by atoms with Crippen LogP contribution in [0.15, 0.2) is 29.6 Å². The number of methoxy groups -OCH3 is 1. The molecule has 2 heterocycles. The molecule has 0 spiro atoms. The number of fused-ring (bicyclic) bond motifs is 1. The van der Waals surface area contributed by atoms with E-state index in [0.717, 1.165) is 5.69 Å². The Morgan fingerprint density at radius 3 is 3.12 bits per heavy atom. The van der Waals surface area contributed by atoms with Crippen LogP contribution in [0.5, 0.6) is 5.75 Å². The van der Waals surface area contributed by atoms with Crippen molar-refractivity contribution in [2.45, 2.75) is 6.54 Å². The summed E-state index contributed by atoms with van der Waals surface area (Å²) in [6.07, 6.45) is 0. The molecule has 1 aliphatic heterocycles. The summed E-state index contributed by atoms with van der Waals surface area (Å²) in [6.45, 7) is 1.20. The lowest BCUT2D eigenvalue weighted by Gasteiger charge is -2.28. The van der Waals surface area contributed by atoms with E-state index in [1.807, 2.05) is 24.3 Å². The molecule has 2 amide bonds. The molecule has 0 aliphatic carbocycles. The van der Waals surface area contributed by atoms with Gasteiger partial charge in [0.15, 0.2) is 6.61 Å². The van der Waals surface area contributed by atoms with Crippen molar-refractivity contribution in [3.05, 3.63) is 40.3 Å². The molecule has 1 aliphatic rings. The van der Waals surface area contributed by atoms with Crippen LogP contribution in [0.2, 0.25) is 0 Å². The summed E-state index contributed by atoms with van der Waals surface area (Å²) >= 11 is 1.35. The predicted molar refractivity (Wildman–Crippen MR) is 89.5 cm³/mol. The van der Waals surface area contributed by atoms with Crippen molar-refractivity contribution in [2.75, 3.05) is 31.8 Å². The SMILES string of the molecule is COCCNC(=O)c1csc(CN2C(=O)COc3ccccc32)n1. The van der Waals surface area contributed by atoms with Gasteiger partial charge in [0.2, 0.25) is 0 Å². The Labute approximate surface area is 143 Å². The third-order valence-corrected chi connectivity index (χ3v) is 4.31. The molecule has 1 N–H and O–H groups in total. The van der Waals surface area contributed by atoms with E-state index in [9.17, 15) is 9.59 Å². The number of nitrogens with one attached hydrogen (secondary N) is 1. The Balaban J connectivity index is 1.71. The minimum atomic E-state index is -0.247. The van der Waals surface area contributed by atoms with Crippen LogP contribution in [0.4, 0.5) is 5.69 Å². The van der Waals surface area contributed by atoms with Crippen molar-refractivity contribution in [3.63, 3.8) is 0 Å². The summed E-state index contributed by atoms with van der Waals surface area (Å²) in [5.41, 5.74) is 1.06. The highest BCUT2D eigenvalue weighted by atomic mass is 32.1. The van der Waals surface area contributed by atoms with Crippen LogP contribution in [0.25, 0.3) is 0 Å². The topological polar surface area (TPSA) is 80.8 Å². The second-order valence-corrected chi connectivity index (χ2v) is 6.05. The Morgan fingerprint density at radius 1 is 1.46 bits per heavy atom. The van der Waals surface area contributed by atoms with Crippen molar-refractivity contribution in [1.82, 2.24) is 10.3 Å². The zero-order valence-electron chi connectivity index (χ0n) is 13.2. The number of thiazole rings is 1. The lowest BCUT2D eigenvalue weighted by molar-refractivity contribution is -0.121. The van der Waals surface area contributed by atoms with Crippen molar-refractivity contribution in [3.8, 4) is 5.75 Å². The minimum absolute atomic E-state index is 0.00670. The molecule has 0 saturated heterocycles. The maximum absolute atomic E-state index is 12.2. The van der Waals surface area contributed by atoms with Crippen LogP contribution < -0.4 is 15.0 Å².